The summed E-state index contributed by atoms with van der Waals surface area (Å²) < 4.78 is 0. The van der Waals surface area contributed by atoms with Gasteiger partial charge in [-0.3, -0.25) is 9.59 Å². The first-order valence-corrected chi connectivity index (χ1v) is 2.59. The minimum Gasteiger partial charge on any atom is -0.286 e. The lowest BCUT2D eigenvalue weighted by Crippen LogP contribution is -2.10. The predicted molar refractivity (Wildman–Crippen MR) is 32.4 cm³/mol. The van der Waals surface area contributed by atoms with Gasteiger partial charge in [-0.1, -0.05) is 0 Å². The van der Waals surface area contributed by atoms with Crippen molar-refractivity contribution < 1.29 is 9.59 Å². The van der Waals surface area contributed by atoms with Crippen LogP contribution in [0, 0.1) is 5.53 Å². The van der Waals surface area contributed by atoms with Crippen LogP contribution in [0.4, 0.5) is 0 Å². The van der Waals surface area contributed by atoms with Gasteiger partial charge < -0.3 is 0 Å². The van der Waals surface area contributed by atoms with E-state index in [0.717, 1.165) is 12.2 Å². The Morgan fingerprint density at radius 3 is 2.40 bits per heavy atom. The Balaban J connectivity index is 2.96. The molecule has 50 valence electrons. The van der Waals surface area contributed by atoms with Crippen molar-refractivity contribution in [1.29, 1.82) is 5.53 Å². The molecule has 0 spiro atoms. The minimum atomic E-state index is -0.617. The molecule has 0 amide bonds. The number of carbonyl (C=O) groups is 2. The van der Waals surface area contributed by atoms with Gasteiger partial charge in [-0.05, 0) is 12.2 Å². The van der Waals surface area contributed by atoms with Crippen LogP contribution in [0.3, 0.4) is 0 Å². The lowest BCUT2D eigenvalue weighted by Gasteiger charge is -1.95. The van der Waals surface area contributed by atoms with Crippen LogP contribution in [0.1, 0.15) is 0 Å². The molecule has 4 heteroatoms. The SMILES string of the molecule is N=NC1=CC(=O)C(=O)C=C1. The van der Waals surface area contributed by atoms with Gasteiger partial charge in [-0.2, -0.15) is 5.11 Å². The molecule has 0 aliphatic heterocycles. The first kappa shape index (κ1) is 6.54. The smallest absolute Gasteiger partial charge is 0.227 e. The van der Waals surface area contributed by atoms with E-state index in [4.69, 9.17) is 5.53 Å². The van der Waals surface area contributed by atoms with E-state index in [1.807, 2.05) is 0 Å². The second-order valence-electron chi connectivity index (χ2n) is 1.74. The molecule has 0 aromatic carbocycles. The van der Waals surface area contributed by atoms with E-state index in [-0.39, 0.29) is 5.70 Å². The third-order valence-electron chi connectivity index (χ3n) is 1.06. The molecule has 1 aliphatic carbocycles. The van der Waals surface area contributed by atoms with Crippen LogP contribution < -0.4 is 0 Å². The summed E-state index contributed by atoms with van der Waals surface area (Å²) in [4.78, 5) is 21.0. The van der Waals surface area contributed by atoms with Gasteiger partial charge in [0.25, 0.3) is 0 Å². The van der Waals surface area contributed by atoms with E-state index in [9.17, 15) is 9.59 Å². The minimum absolute atomic E-state index is 0.213. The summed E-state index contributed by atoms with van der Waals surface area (Å²) in [6, 6.07) is 0. The number of allylic oxidation sites excluding steroid dienone is 3. The molecule has 1 rings (SSSR count). The lowest BCUT2D eigenvalue weighted by molar-refractivity contribution is -0.131. The van der Waals surface area contributed by atoms with Gasteiger partial charge in [0.1, 0.15) is 0 Å². The molecule has 0 atom stereocenters. The van der Waals surface area contributed by atoms with Crippen molar-refractivity contribution in [2.45, 2.75) is 0 Å². The van der Waals surface area contributed by atoms with Gasteiger partial charge in [0.15, 0.2) is 0 Å². The summed E-state index contributed by atoms with van der Waals surface area (Å²) >= 11 is 0. The van der Waals surface area contributed by atoms with Crippen LogP contribution in [0.25, 0.3) is 0 Å². The van der Waals surface area contributed by atoms with Gasteiger partial charge in [-0.25, -0.2) is 5.53 Å². The van der Waals surface area contributed by atoms with E-state index in [0.29, 0.717) is 0 Å². The Morgan fingerprint density at radius 1 is 1.20 bits per heavy atom. The Hall–Kier alpha value is -1.58. The monoisotopic (exact) mass is 136 g/mol. The molecular weight excluding hydrogens is 132 g/mol. The van der Waals surface area contributed by atoms with Crippen molar-refractivity contribution >= 4 is 11.6 Å². The highest BCUT2D eigenvalue weighted by Crippen LogP contribution is 2.04. The molecule has 0 aromatic heterocycles. The number of ketones is 2. The van der Waals surface area contributed by atoms with Crippen LogP contribution in [-0.4, -0.2) is 11.6 Å². The molecule has 10 heavy (non-hydrogen) atoms. The maximum atomic E-state index is 10.5. The highest BCUT2D eigenvalue weighted by atomic mass is 16.2. The number of nitrogens with one attached hydrogen (secondary N) is 1. The molecule has 0 saturated carbocycles. The molecule has 4 nitrogen and oxygen atoms in total. The summed E-state index contributed by atoms with van der Waals surface area (Å²) in [5, 5.41) is 2.98. The molecule has 0 unspecified atom stereocenters. The van der Waals surface area contributed by atoms with Gasteiger partial charge in [0.2, 0.25) is 11.6 Å². The molecule has 1 aliphatic rings. The first-order chi connectivity index (χ1) is 4.74. The maximum absolute atomic E-state index is 10.5. The number of hydrogen-bond acceptors (Lipinski definition) is 4. The fourth-order valence-electron chi connectivity index (χ4n) is 0.566. The largest absolute Gasteiger partial charge is 0.286 e. The van der Waals surface area contributed by atoms with E-state index in [2.05, 4.69) is 5.11 Å². The average molecular weight is 136 g/mol. The molecular formula is C6H4N2O2. The van der Waals surface area contributed by atoms with Crippen molar-refractivity contribution in [2.75, 3.05) is 0 Å². The molecule has 1 N–H and O–H groups in total. The predicted octanol–water partition coefficient (Wildman–Crippen LogP) is 0.609. The summed E-state index contributed by atoms with van der Waals surface area (Å²) in [5.74, 6) is -1.18. The normalized spacial score (nSPS) is 17.0. The first-order valence-electron chi connectivity index (χ1n) is 2.59. The van der Waals surface area contributed by atoms with Gasteiger partial charge >= 0.3 is 0 Å². The molecule has 0 bridgehead atoms. The fourth-order valence-corrected chi connectivity index (χ4v) is 0.566. The van der Waals surface area contributed by atoms with Gasteiger partial charge in [0, 0.05) is 6.08 Å². The van der Waals surface area contributed by atoms with Crippen molar-refractivity contribution in [1.82, 2.24) is 0 Å². The van der Waals surface area contributed by atoms with Crippen LogP contribution in [-0.2, 0) is 9.59 Å². The second kappa shape index (κ2) is 2.34. The summed E-state index contributed by atoms with van der Waals surface area (Å²) in [6.07, 6.45) is 3.47. The van der Waals surface area contributed by atoms with Gasteiger partial charge in [-0.15, -0.1) is 0 Å². The van der Waals surface area contributed by atoms with Crippen molar-refractivity contribution in [3.8, 4) is 0 Å². The fraction of sp³-hybridized carbons (Fsp3) is 0. The zero-order chi connectivity index (χ0) is 7.56. The van der Waals surface area contributed by atoms with Crippen molar-refractivity contribution in [2.24, 2.45) is 5.11 Å². The Kier molecular flexibility index (Phi) is 1.53. The van der Waals surface area contributed by atoms with Crippen molar-refractivity contribution in [3.05, 3.63) is 23.9 Å². The quantitative estimate of drug-likeness (QED) is 0.326. The standard InChI is InChI=1S/C6H4N2O2/c7-8-4-1-2-5(9)6(10)3-4/h1-3,7H. The van der Waals surface area contributed by atoms with E-state index >= 15 is 0 Å². The highest BCUT2D eigenvalue weighted by molar-refractivity contribution is 6.46. The molecule has 0 saturated heterocycles. The average Bonchev–Trinajstić information content (AvgIpc) is 1.95. The molecule has 0 aromatic rings. The molecule has 0 fully saturated rings. The van der Waals surface area contributed by atoms with Crippen LogP contribution in [0.5, 0.6) is 0 Å². The third-order valence-corrected chi connectivity index (χ3v) is 1.06. The highest BCUT2D eigenvalue weighted by Gasteiger charge is 2.12. The Bertz CT molecular complexity index is 263. The number of hydrogen-bond donors (Lipinski definition) is 1. The number of nitrogens with zero attached hydrogens (tertiary/aromatic N) is 1. The lowest BCUT2D eigenvalue weighted by atomic mass is 10.1. The van der Waals surface area contributed by atoms with Crippen LogP contribution in [0.2, 0.25) is 0 Å². The van der Waals surface area contributed by atoms with E-state index in [1.165, 1.54) is 6.08 Å². The summed E-state index contributed by atoms with van der Waals surface area (Å²) in [7, 11) is 0. The van der Waals surface area contributed by atoms with Gasteiger partial charge in [0.05, 0.1) is 5.70 Å². The second-order valence-corrected chi connectivity index (χ2v) is 1.74. The Labute approximate surface area is 56.7 Å². The maximum Gasteiger partial charge on any atom is 0.227 e. The number of rotatable bonds is 1. The zero-order valence-electron chi connectivity index (χ0n) is 5.00. The van der Waals surface area contributed by atoms with E-state index in [1.54, 1.807) is 0 Å². The van der Waals surface area contributed by atoms with Crippen molar-refractivity contribution in [3.63, 3.8) is 0 Å². The molecule has 0 heterocycles. The topological polar surface area (TPSA) is 70.3 Å². The zero-order valence-corrected chi connectivity index (χ0v) is 5.00. The number of carbonyl (C=O) groups excluding carboxylic acids is 2. The Morgan fingerprint density at radius 2 is 1.90 bits per heavy atom. The summed E-state index contributed by atoms with van der Waals surface area (Å²) in [6.45, 7) is 0. The molecule has 0 radical (unpaired) electrons. The van der Waals surface area contributed by atoms with E-state index < -0.39 is 11.6 Å². The van der Waals surface area contributed by atoms with Crippen LogP contribution in [0.15, 0.2) is 29.0 Å². The third kappa shape index (κ3) is 1.05. The van der Waals surface area contributed by atoms with Crippen LogP contribution >= 0.6 is 0 Å². The summed E-state index contributed by atoms with van der Waals surface area (Å²) in [5.41, 5.74) is 6.71.